The van der Waals surface area contributed by atoms with Crippen molar-refractivity contribution in [1.29, 1.82) is 0 Å². The van der Waals surface area contributed by atoms with Gasteiger partial charge in [-0.1, -0.05) is 24.3 Å². The smallest absolute Gasteiger partial charge is 0.335 e. The first kappa shape index (κ1) is 18.9. The number of amides is 1. The first-order valence-corrected chi connectivity index (χ1v) is 8.70. The van der Waals surface area contributed by atoms with Crippen LogP contribution in [0.25, 0.3) is 28.2 Å². The van der Waals surface area contributed by atoms with Crippen LogP contribution in [0.4, 0.5) is 0 Å². The van der Waals surface area contributed by atoms with E-state index in [1.165, 1.54) is 29.9 Å². The quantitative estimate of drug-likeness (QED) is 0.455. The SMILES string of the molecule is COc1ccccc1-n1c(=O)[nH]c2c(C(N)=O)nc(-c3cccc(C(=O)O)c3)nc21. The van der Waals surface area contributed by atoms with Crippen molar-refractivity contribution in [3.8, 4) is 22.8 Å². The first-order valence-electron chi connectivity index (χ1n) is 8.70. The number of benzene rings is 2. The number of H-pyrrole nitrogens is 1. The van der Waals surface area contributed by atoms with Gasteiger partial charge in [0.05, 0.1) is 18.4 Å². The van der Waals surface area contributed by atoms with Gasteiger partial charge in [0.15, 0.2) is 17.2 Å². The second-order valence-corrected chi connectivity index (χ2v) is 6.28. The summed E-state index contributed by atoms with van der Waals surface area (Å²) in [4.78, 5) is 47.2. The van der Waals surface area contributed by atoms with Crippen molar-refractivity contribution < 1.29 is 19.4 Å². The van der Waals surface area contributed by atoms with E-state index in [2.05, 4.69) is 15.0 Å². The number of nitrogens with two attached hydrogens (primary N) is 1. The molecular weight excluding hydrogens is 390 g/mol. The molecule has 150 valence electrons. The molecule has 0 atom stereocenters. The van der Waals surface area contributed by atoms with Crippen LogP contribution < -0.4 is 16.2 Å². The van der Waals surface area contributed by atoms with Gasteiger partial charge in [0, 0.05) is 5.56 Å². The van der Waals surface area contributed by atoms with Crippen LogP contribution in [0.3, 0.4) is 0 Å². The molecule has 2 aromatic heterocycles. The molecule has 1 amide bonds. The van der Waals surface area contributed by atoms with E-state index in [4.69, 9.17) is 10.5 Å². The Balaban J connectivity index is 2.06. The summed E-state index contributed by atoms with van der Waals surface area (Å²) in [6.07, 6.45) is 0. The number of hydrogen-bond acceptors (Lipinski definition) is 6. The van der Waals surface area contributed by atoms with Crippen molar-refractivity contribution in [2.24, 2.45) is 5.73 Å². The largest absolute Gasteiger partial charge is 0.495 e. The highest BCUT2D eigenvalue weighted by Crippen LogP contribution is 2.26. The number of aromatic nitrogens is 4. The van der Waals surface area contributed by atoms with E-state index in [0.29, 0.717) is 17.0 Å². The van der Waals surface area contributed by atoms with E-state index in [9.17, 15) is 19.5 Å². The number of aromatic amines is 1. The number of fused-ring (bicyclic) bond motifs is 1. The van der Waals surface area contributed by atoms with Crippen molar-refractivity contribution >= 4 is 23.0 Å². The number of hydrogen-bond donors (Lipinski definition) is 3. The molecule has 0 spiro atoms. The Bertz CT molecular complexity index is 1370. The lowest BCUT2D eigenvalue weighted by molar-refractivity contribution is 0.0696. The Morgan fingerprint density at radius 2 is 1.90 bits per heavy atom. The fourth-order valence-electron chi connectivity index (χ4n) is 3.12. The van der Waals surface area contributed by atoms with Crippen molar-refractivity contribution in [2.75, 3.05) is 7.11 Å². The van der Waals surface area contributed by atoms with Crippen LogP contribution in [-0.2, 0) is 0 Å². The zero-order chi connectivity index (χ0) is 21.4. The van der Waals surface area contributed by atoms with Crippen molar-refractivity contribution in [3.05, 3.63) is 70.3 Å². The number of carboxylic acids is 1. The van der Waals surface area contributed by atoms with Gasteiger partial charge in [-0.05, 0) is 24.3 Å². The van der Waals surface area contributed by atoms with Gasteiger partial charge in [-0.3, -0.25) is 4.79 Å². The van der Waals surface area contributed by atoms with Gasteiger partial charge in [0.1, 0.15) is 11.3 Å². The Labute approximate surface area is 168 Å². The zero-order valence-corrected chi connectivity index (χ0v) is 15.6. The number of primary amides is 1. The van der Waals surface area contributed by atoms with Gasteiger partial charge >= 0.3 is 11.7 Å². The van der Waals surface area contributed by atoms with Crippen LogP contribution in [0.5, 0.6) is 5.75 Å². The normalized spacial score (nSPS) is 10.8. The van der Waals surface area contributed by atoms with Crippen LogP contribution in [0.1, 0.15) is 20.8 Å². The summed E-state index contributed by atoms with van der Waals surface area (Å²) in [6, 6.07) is 12.7. The fourth-order valence-corrected chi connectivity index (χ4v) is 3.12. The monoisotopic (exact) mass is 405 g/mol. The minimum atomic E-state index is -1.12. The lowest BCUT2D eigenvalue weighted by atomic mass is 10.1. The molecule has 0 fully saturated rings. The Hall–Kier alpha value is -4.47. The molecular formula is C20H15N5O5. The fraction of sp³-hybridized carbons (Fsp3) is 0.0500. The maximum atomic E-state index is 12.7. The van der Waals surface area contributed by atoms with Gasteiger partial charge < -0.3 is 20.6 Å². The number of ether oxygens (including phenoxy) is 1. The van der Waals surface area contributed by atoms with Gasteiger partial charge in [0.25, 0.3) is 5.91 Å². The van der Waals surface area contributed by atoms with Crippen molar-refractivity contribution in [3.63, 3.8) is 0 Å². The number of aromatic carboxylic acids is 1. The van der Waals surface area contributed by atoms with E-state index < -0.39 is 17.6 Å². The summed E-state index contributed by atoms with van der Waals surface area (Å²) in [6.45, 7) is 0. The van der Waals surface area contributed by atoms with Gasteiger partial charge in [-0.25, -0.2) is 24.1 Å². The first-order chi connectivity index (χ1) is 14.4. The van der Waals surface area contributed by atoms with Crippen LogP contribution in [0.15, 0.2) is 53.3 Å². The predicted molar refractivity (Wildman–Crippen MR) is 107 cm³/mol. The Kier molecular flexibility index (Phi) is 4.51. The second kappa shape index (κ2) is 7.17. The highest BCUT2D eigenvalue weighted by Gasteiger charge is 2.21. The summed E-state index contributed by atoms with van der Waals surface area (Å²) in [5, 5.41) is 9.25. The summed E-state index contributed by atoms with van der Waals surface area (Å²) in [5.41, 5.74) is 5.65. The molecule has 10 heteroatoms. The minimum Gasteiger partial charge on any atom is -0.495 e. The average molecular weight is 405 g/mol. The molecule has 4 N–H and O–H groups in total. The molecule has 0 aliphatic rings. The number of para-hydroxylation sites is 2. The molecule has 4 rings (SSSR count). The Morgan fingerprint density at radius 3 is 2.60 bits per heavy atom. The van der Waals surface area contributed by atoms with Crippen LogP contribution in [0.2, 0.25) is 0 Å². The highest BCUT2D eigenvalue weighted by atomic mass is 16.5. The molecule has 4 aromatic rings. The third-order valence-corrected chi connectivity index (χ3v) is 4.46. The van der Waals surface area contributed by atoms with E-state index in [1.54, 1.807) is 30.3 Å². The van der Waals surface area contributed by atoms with Crippen LogP contribution in [-0.4, -0.2) is 43.6 Å². The van der Waals surface area contributed by atoms with E-state index in [-0.39, 0.29) is 28.2 Å². The molecule has 2 heterocycles. The molecule has 0 saturated heterocycles. The summed E-state index contributed by atoms with van der Waals surface area (Å²) < 4.78 is 6.58. The number of rotatable bonds is 5. The number of carbonyl (C=O) groups is 2. The maximum Gasteiger partial charge on any atom is 0.335 e. The second-order valence-electron chi connectivity index (χ2n) is 6.28. The van der Waals surface area contributed by atoms with Crippen molar-refractivity contribution in [1.82, 2.24) is 19.5 Å². The number of carbonyl (C=O) groups excluding carboxylic acids is 1. The third-order valence-electron chi connectivity index (χ3n) is 4.46. The van der Waals surface area contributed by atoms with Gasteiger partial charge in [0.2, 0.25) is 0 Å². The van der Waals surface area contributed by atoms with E-state index in [0.717, 1.165) is 0 Å². The number of nitrogens with zero attached hydrogens (tertiary/aromatic N) is 3. The topological polar surface area (TPSA) is 153 Å². The maximum absolute atomic E-state index is 12.7. The summed E-state index contributed by atoms with van der Waals surface area (Å²) in [5.74, 6) is -1.54. The lowest BCUT2D eigenvalue weighted by Crippen LogP contribution is -2.16. The third kappa shape index (κ3) is 3.05. The molecule has 0 radical (unpaired) electrons. The molecule has 2 aromatic carbocycles. The van der Waals surface area contributed by atoms with Crippen molar-refractivity contribution in [2.45, 2.75) is 0 Å². The number of carboxylic acid groups (broad SMARTS) is 1. The predicted octanol–water partition coefficient (Wildman–Crippen LogP) is 1.58. The average Bonchev–Trinajstić information content (AvgIpc) is 3.08. The van der Waals surface area contributed by atoms with E-state index in [1.807, 2.05) is 0 Å². The number of nitrogens with one attached hydrogen (secondary N) is 1. The van der Waals surface area contributed by atoms with Gasteiger partial charge in [-0.2, -0.15) is 0 Å². The molecule has 0 aliphatic heterocycles. The van der Waals surface area contributed by atoms with Crippen LogP contribution >= 0.6 is 0 Å². The Morgan fingerprint density at radius 1 is 1.13 bits per heavy atom. The zero-order valence-electron chi connectivity index (χ0n) is 15.6. The molecule has 0 bridgehead atoms. The van der Waals surface area contributed by atoms with Gasteiger partial charge in [-0.15, -0.1) is 0 Å². The van der Waals surface area contributed by atoms with E-state index >= 15 is 0 Å². The summed E-state index contributed by atoms with van der Waals surface area (Å²) in [7, 11) is 1.46. The molecule has 30 heavy (non-hydrogen) atoms. The number of imidazole rings is 1. The highest BCUT2D eigenvalue weighted by molar-refractivity contribution is 6.02. The molecule has 10 nitrogen and oxygen atoms in total. The standard InChI is InChI=1S/C20H15N5O5/c1-30-13-8-3-2-7-12(13)25-18-15(23-20(25)29)14(16(21)26)22-17(24-18)10-5-4-6-11(9-10)19(27)28/h2-9H,1H3,(H2,21,26)(H,23,29)(H,27,28). The van der Waals surface area contributed by atoms with Crippen LogP contribution in [0, 0.1) is 0 Å². The summed E-state index contributed by atoms with van der Waals surface area (Å²) >= 11 is 0. The molecule has 0 unspecified atom stereocenters. The number of methoxy groups -OCH3 is 1. The lowest BCUT2D eigenvalue weighted by Gasteiger charge is -2.10. The molecule has 0 saturated carbocycles. The molecule has 0 aliphatic carbocycles. The minimum absolute atomic E-state index is 0.0213.